The summed E-state index contributed by atoms with van der Waals surface area (Å²) in [7, 11) is 0. The van der Waals surface area contributed by atoms with Crippen molar-refractivity contribution in [2.75, 3.05) is 43.5 Å². The lowest BCUT2D eigenvalue weighted by Gasteiger charge is -2.22. The van der Waals surface area contributed by atoms with Crippen LogP contribution in [0.1, 0.15) is 12.1 Å². The second kappa shape index (κ2) is 6.73. The number of nitrogens with zero attached hydrogens (tertiary/aromatic N) is 3. The van der Waals surface area contributed by atoms with Crippen LogP contribution in [-0.2, 0) is 0 Å². The van der Waals surface area contributed by atoms with E-state index in [1.54, 1.807) is 0 Å². The smallest absolute Gasteiger partial charge is 0.128 e. The monoisotopic (exact) mass is 331 g/mol. The molecule has 5 heteroatoms. The van der Waals surface area contributed by atoms with Crippen LogP contribution in [0.5, 0.6) is 0 Å². The van der Waals surface area contributed by atoms with E-state index in [-0.39, 0.29) is 0 Å². The van der Waals surface area contributed by atoms with Gasteiger partial charge in [0.1, 0.15) is 5.82 Å². The summed E-state index contributed by atoms with van der Waals surface area (Å²) in [5, 5.41) is 0. The second-order valence-electron chi connectivity index (χ2n) is 4.61. The van der Waals surface area contributed by atoms with Crippen LogP contribution >= 0.6 is 27.5 Å². The van der Waals surface area contributed by atoms with E-state index in [9.17, 15) is 0 Å². The maximum atomic E-state index is 5.81. The van der Waals surface area contributed by atoms with Crippen LogP contribution < -0.4 is 4.90 Å². The summed E-state index contributed by atoms with van der Waals surface area (Å²) in [6, 6.07) is 4.17. The lowest BCUT2D eigenvalue weighted by molar-refractivity contribution is 0.311. The molecular weight excluding hydrogens is 314 g/mol. The SMILES string of the molecule is Cc1nc(N2CCCN(CCCl)CC2)ccc1Br. The Morgan fingerprint density at radius 3 is 2.83 bits per heavy atom. The fraction of sp³-hybridized carbons (Fsp3) is 0.615. The van der Waals surface area contributed by atoms with Gasteiger partial charge in [0.25, 0.3) is 0 Å². The summed E-state index contributed by atoms with van der Waals surface area (Å²) in [6.07, 6.45) is 1.17. The first-order valence-electron chi connectivity index (χ1n) is 6.37. The highest BCUT2D eigenvalue weighted by Gasteiger charge is 2.15. The van der Waals surface area contributed by atoms with Crippen LogP contribution in [0.3, 0.4) is 0 Å². The van der Waals surface area contributed by atoms with Gasteiger partial charge in [-0.1, -0.05) is 0 Å². The zero-order chi connectivity index (χ0) is 13.0. The molecule has 0 saturated carbocycles. The number of aryl methyl sites for hydroxylation is 1. The summed E-state index contributed by atoms with van der Waals surface area (Å²) in [6.45, 7) is 7.34. The van der Waals surface area contributed by atoms with Crippen molar-refractivity contribution in [3.63, 3.8) is 0 Å². The van der Waals surface area contributed by atoms with Gasteiger partial charge in [0.15, 0.2) is 0 Å². The van der Waals surface area contributed by atoms with Gasteiger partial charge in [0.2, 0.25) is 0 Å². The van der Waals surface area contributed by atoms with Gasteiger partial charge in [-0.2, -0.15) is 0 Å². The van der Waals surface area contributed by atoms with Gasteiger partial charge >= 0.3 is 0 Å². The third-order valence-electron chi connectivity index (χ3n) is 3.32. The quantitative estimate of drug-likeness (QED) is 0.794. The molecule has 1 aliphatic rings. The minimum atomic E-state index is 0.718. The summed E-state index contributed by atoms with van der Waals surface area (Å²) in [4.78, 5) is 9.44. The van der Waals surface area contributed by atoms with Crippen molar-refractivity contribution in [2.45, 2.75) is 13.3 Å². The highest BCUT2D eigenvalue weighted by atomic mass is 79.9. The maximum Gasteiger partial charge on any atom is 0.128 e. The number of anilines is 1. The van der Waals surface area contributed by atoms with Gasteiger partial charge in [0, 0.05) is 36.5 Å². The third kappa shape index (κ3) is 3.59. The first kappa shape index (κ1) is 14.1. The Morgan fingerprint density at radius 1 is 1.28 bits per heavy atom. The average Bonchev–Trinajstić information content (AvgIpc) is 2.59. The molecule has 18 heavy (non-hydrogen) atoms. The van der Waals surface area contributed by atoms with E-state index in [2.05, 4.69) is 42.8 Å². The lowest BCUT2D eigenvalue weighted by Crippen LogP contribution is -2.32. The highest BCUT2D eigenvalue weighted by molar-refractivity contribution is 9.10. The topological polar surface area (TPSA) is 19.4 Å². The molecule has 0 atom stereocenters. The number of aromatic nitrogens is 1. The Hall–Kier alpha value is -0.320. The van der Waals surface area contributed by atoms with Crippen molar-refractivity contribution in [2.24, 2.45) is 0 Å². The normalized spacial score (nSPS) is 17.8. The molecule has 0 amide bonds. The van der Waals surface area contributed by atoms with E-state index in [1.165, 1.54) is 6.42 Å². The molecular formula is C13H19BrClN3. The molecule has 1 aromatic heterocycles. The zero-order valence-electron chi connectivity index (χ0n) is 10.7. The van der Waals surface area contributed by atoms with Gasteiger partial charge in [-0.3, -0.25) is 0 Å². The van der Waals surface area contributed by atoms with Crippen molar-refractivity contribution in [1.29, 1.82) is 0 Å². The molecule has 0 bridgehead atoms. The lowest BCUT2D eigenvalue weighted by atomic mass is 10.3. The molecule has 100 valence electrons. The fourth-order valence-electron chi connectivity index (χ4n) is 2.25. The molecule has 1 aliphatic heterocycles. The minimum absolute atomic E-state index is 0.718. The number of pyridine rings is 1. The van der Waals surface area contributed by atoms with Crippen LogP contribution in [-0.4, -0.2) is 48.5 Å². The molecule has 2 rings (SSSR count). The molecule has 0 aliphatic carbocycles. The summed E-state index contributed by atoms with van der Waals surface area (Å²) in [5.41, 5.74) is 1.05. The molecule has 0 spiro atoms. The Bertz CT molecular complexity index is 400. The van der Waals surface area contributed by atoms with Crippen molar-refractivity contribution in [3.8, 4) is 0 Å². The molecule has 3 nitrogen and oxygen atoms in total. The predicted molar refractivity (Wildman–Crippen MR) is 80.7 cm³/mol. The third-order valence-corrected chi connectivity index (χ3v) is 4.33. The van der Waals surface area contributed by atoms with Gasteiger partial charge in [-0.25, -0.2) is 4.98 Å². The van der Waals surface area contributed by atoms with Gasteiger partial charge in [0.05, 0.1) is 5.69 Å². The molecule has 0 unspecified atom stereocenters. The summed E-state index contributed by atoms with van der Waals surface area (Å²) >= 11 is 9.30. The second-order valence-corrected chi connectivity index (χ2v) is 5.84. The number of rotatable bonds is 3. The molecule has 1 saturated heterocycles. The molecule has 2 heterocycles. The molecule has 0 radical (unpaired) electrons. The number of hydrogen-bond acceptors (Lipinski definition) is 3. The van der Waals surface area contributed by atoms with Crippen LogP contribution in [0.15, 0.2) is 16.6 Å². The minimum Gasteiger partial charge on any atom is -0.355 e. The van der Waals surface area contributed by atoms with Crippen molar-refractivity contribution in [3.05, 3.63) is 22.3 Å². The van der Waals surface area contributed by atoms with E-state index in [0.29, 0.717) is 0 Å². The molecule has 1 aromatic rings. The summed E-state index contributed by atoms with van der Waals surface area (Å²) in [5.74, 6) is 1.80. The molecule has 0 aromatic carbocycles. The number of halogens is 2. The Morgan fingerprint density at radius 2 is 2.11 bits per heavy atom. The van der Waals surface area contributed by atoms with Crippen LogP contribution in [0, 0.1) is 6.92 Å². The van der Waals surface area contributed by atoms with Gasteiger partial charge in [-0.15, -0.1) is 11.6 Å². The first-order valence-corrected chi connectivity index (χ1v) is 7.70. The molecule has 1 fully saturated rings. The zero-order valence-corrected chi connectivity index (χ0v) is 13.0. The molecule has 0 N–H and O–H groups in total. The Kier molecular flexibility index (Phi) is 5.27. The van der Waals surface area contributed by atoms with Gasteiger partial charge < -0.3 is 9.80 Å². The van der Waals surface area contributed by atoms with E-state index in [4.69, 9.17) is 11.6 Å². The fourth-order valence-corrected chi connectivity index (χ4v) is 2.71. The summed E-state index contributed by atoms with van der Waals surface area (Å²) < 4.78 is 1.07. The number of hydrogen-bond donors (Lipinski definition) is 0. The maximum absolute atomic E-state index is 5.81. The van der Waals surface area contributed by atoms with Crippen molar-refractivity contribution in [1.82, 2.24) is 9.88 Å². The van der Waals surface area contributed by atoms with E-state index in [1.807, 2.05) is 6.92 Å². The van der Waals surface area contributed by atoms with E-state index < -0.39 is 0 Å². The van der Waals surface area contributed by atoms with Crippen molar-refractivity contribution >= 4 is 33.3 Å². The Balaban J connectivity index is 2.02. The van der Waals surface area contributed by atoms with Gasteiger partial charge in [-0.05, 0) is 48.0 Å². The first-order chi connectivity index (χ1) is 8.70. The average molecular weight is 333 g/mol. The van der Waals surface area contributed by atoms with E-state index >= 15 is 0 Å². The predicted octanol–water partition coefficient (Wildman–Crippen LogP) is 2.90. The van der Waals surface area contributed by atoms with Crippen LogP contribution in [0.4, 0.5) is 5.82 Å². The van der Waals surface area contributed by atoms with Crippen LogP contribution in [0.2, 0.25) is 0 Å². The van der Waals surface area contributed by atoms with E-state index in [0.717, 1.165) is 54.6 Å². The number of alkyl halides is 1. The largest absolute Gasteiger partial charge is 0.355 e. The van der Waals surface area contributed by atoms with Crippen LogP contribution in [0.25, 0.3) is 0 Å². The van der Waals surface area contributed by atoms with Crippen molar-refractivity contribution < 1.29 is 0 Å². The Labute approximate surface area is 122 Å². The highest BCUT2D eigenvalue weighted by Crippen LogP contribution is 2.20. The standard InChI is InChI=1S/C13H19BrClN3/c1-11-12(14)3-4-13(16-11)18-7-2-6-17(8-5-15)9-10-18/h3-4H,2,5-10H2,1H3.